The fourth-order valence-corrected chi connectivity index (χ4v) is 1.57. The van der Waals surface area contributed by atoms with Crippen LogP contribution in [0.5, 0.6) is 0 Å². The highest BCUT2D eigenvalue weighted by Gasteiger charge is 2.20. The van der Waals surface area contributed by atoms with E-state index in [-0.39, 0.29) is 0 Å². The highest BCUT2D eigenvalue weighted by molar-refractivity contribution is 4.95. The summed E-state index contributed by atoms with van der Waals surface area (Å²) >= 11 is 0. The highest BCUT2D eigenvalue weighted by Crippen LogP contribution is 2.18. The summed E-state index contributed by atoms with van der Waals surface area (Å²) in [6.07, 6.45) is 4.44. The van der Waals surface area contributed by atoms with Gasteiger partial charge in [0.15, 0.2) is 0 Å². The number of nitrogens with zero attached hydrogens (tertiary/aromatic N) is 5. The number of aromatic nitrogens is 5. The molecule has 2 heterocycles. The van der Waals surface area contributed by atoms with Crippen molar-refractivity contribution in [1.29, 1.82) is 0 Å². The van der Waals surface area contributed by atoms with Gasteiger partial charge in [0.25, 0.3) is 0 Å². The minimum Gasteiger partial charge on any atom is -0.424 e. The summed E-state index contributed by atoms with van der Waals surface area (Å²) in [6, 6.07) is 0.679. The van der Waals surface area contributed by atoms with Crippen molar-refractivity contribution in [3.63, 3.8) is 0 Å². The zero-order valence-corrected chi connectivity index (χ0v) is 9.63. The van der Waals surface area contributed by atoms with E-state index in [2.05, 4.69) is 25.8 Å². The molecule has 0 bridgehead atoms. The maximum atomic E-state index is 5.28. The molecule has 1 fully saturated rings. The average molecular weight is 234 g/mol. The molecule has 7 nitrogen and oxygen atoms in total. The number of nitrogens with one attached hydrogen (secondary N) is 1. The molecule has 0 amide bonds. The van der Waals surface area contributed by atoms with Crippen molar-refractivity contribution in [2.75, 3.05) is 0 Å². The van der Waals surface area contributed by atoms with Crippen molar-refractivity contribution < 1.29 is 4.42 Å². The predicted octanol–water partition coefficient (Wildman–Crippen LogP) is 0.270. The quantitative estimate of drug-likeness (QED) is 0.799. The molecule has 2 aromatic heterocycles. The second-order valence-electron chi connectivity index (χ2n) is 4.28. The summed E-state index contributed by atoms with van der Waals surface area (Å²) in [7, 11) is 0. The van der Waals surface area contributed by atoms with Gasteiger partial charge in [0.1, 0.15) is 6.54 Å². The minimum absolute atomic E-state index is 0.470. The Morgan fingerprint density at radius 3 is 3.00 bits per heavy atom. The third-order valence-electron chi connectivity index (χ3n) is 2.60. The van der Waals surface area contributed by atoms with E-state index in [1.54, 1.807) is 11.6 Å². The molecule has 2 aromatic rings. The Balaban J connectivity index is 1.59. The van der Waals surface area contributed by atoms with E-state index in [1.165, 1.54) is 12.8 Å². The lowest BCUT2D eigenvalue weighted by molar-refractivity contribution is 0.441. The smallest absolute Gasteiger partial charge is 0.237 e. The zero-order valence-electron chi connectivity index (χ0n) is 9.63. The van der Waals surface area contributed by atoms with E-state index >= 15 is 0 Å². The number of hydrogen-bond donors (Lipinski definition) is 1. The van der Waals surface area contributed by atoms with Crippen LogP contribution in [0.4, 0.5) is 0 Å². The molecule has 0 aromatic carbocycles. The van der Waals surface area contributed by atoms with Gasteiger partial charge in [-0.15, -0.1) is 15.3 Å². The first-order valence-corrected chi connectivity index (χ1v) is 5.71. The van der Waals surface area contributed by atoms with Gasteiger partial charge in [0.2, 0.25) is 11.8 Å². The molecular weight excluding hydrogens is 220 g/mol. The van der Waals surface area contributed by atoms with Gasteiger partial charge in [-0.2, -0.15) is 0 Å². The van der Waals surface area contributed by atoms with Gasteiger partial charge in [0.05, 0.1) is 11.9 Å². The van der Waals surface area contributed by atoms with E-state index in [0.29, 0.717) is 24.4 Å². The maximum Gasteiger partial charge on any atom is 0.237 e. The molecule has 17 heavy (non-hydrogen) atoms. The molecule has 1 aliphatic carbocycles. The molecule has 1 saturated carbocycles. The molecule has 0 atom stereocenters. The van der Waals surface area contributed by atoms with Gasteiger partial charge in [-0.25, -0.2) is 4.68 Å². The largest absolute Gasteiger partial charge is 0.424 e. The van der Waals surface area contributed by atoms with Crippen LogP contribution in [-0.4, -0.2) is 31.2 Å². The summed E-state index contributed by atoms with van der Waals surface area (Å²) < 4.78 is 6.98. The van der Waals surface area contributed by atoms with E-state index < -0.39 is 0 Å². The van der Waals surface area contributed by atoms with Crippen LogP contribution >= 0.6 is 0 Å². The lowest BCUT2D eigenvalue weighted by Gasteiger charge is -1.96. The SMILES string of the molecule is Cc1nnc(Cn2cc(CNC3CC3)nn2)o1. The standard InChI is InChI=1S/C10H14N6O/c1-7-12-14-10(17-7)6-16-5-9(13-15-16)4-11-8-2-3-8/h5,8,11H,2-4,6H2,1H3. The third kappa shape index (κ3) is 2.68. The summed E-state index contributed by atoms with van der Waals surface area (Å²) in [5.74, 6) is 1.12. The molecule has 0 aliphatic heterocycles. The second kappa shape index (κ2) is 4.25. The topological polar surface area (TPSA) is 81.7 Å². The van der Waals surface area contributed by atoms with Crippen molar-refractivity contribution in [3.8, 4) is 0 Å². The van der Waals surface area contributed by atoms with E-state index in [4.69, 9.17) is 4.42 Å². The fraction of sp³-hybridized carbons (Fsp3) is 0.600. The first-order valence-electron chi connectivity index (χ1n) is 5.71. The lowest BCUT2D eigenvalue weighted by Crippen LogP contribution is -2.15. The van der Waals surface area contributed by atoms with Crippen molar-refractivity contribution >= 4 is 0 Å². The summed E-state index contributed by atoms with van der Waals surface area (Å²) in [5, 5.41) is 19.2. The van der Waals surface area contributed by atoms with Crippen LogP contribution in [0.15, 0.2) is 10.6 Å². The van der Waals surface area contributed by atoms with E-state index in [0.717, 1.165) is 12.2 Å². The van der Waals surface area contributed by atoms with Gasteiger partial charge >= 0.3 is 0 Å². The molecular formula is C10H14N6O. The Kier molecular flexibility index (Phi) is 2.60. The van der Waals surface area contributed by atoms with Crippen LogP contribution in [0, 0.1) is 6.92 Å². The average Bonchev–Trinajstić information content (AvgIpc) is 2.90. The van der Waals surface area contributed by atoms with Crippen LogP contribution < -0.4 is 5.32 Å². The van der Waals surface area contributed by atoms with Gasteiger partial charge in [-0.3, -0.25) is 0 Å². The van der Waals surface area contributed by atoms with Crippen molar-refractivity contribution in [3.05, 3.63) is 23.7 Å². The Bertz CT molecular complexity index is 500. The third-order valence-corrected chi connectivity index (χ3v) is 2.60. The highest BCUT2D eigenvalue weighted by atomic mass is 16.4. The van der Waals surface area contributed by atoms with Gasteiger partial charge in [-0.05, 0) is 12.8 Å². The van der Waals surface area contributed by atoms with Crippen LogP contribution in [0.1, 0.15) is 30.3 Å². The molecule has 7 heteroatoms. The Hall–Kier alpha value is -1.76. The van der Waals surface area contributed by atoms with Crippen molar-refractivity contribution in [1.82, 2.24) is 30.5 Å². The van der Waals surface area contributed by atoms with E-state index in [9.17, 15) is 0 Å². The van der Waals surface area contributed by atoms with Gasteiger partial charge < -0.3 is 9.73 Å². The predicted molar refractivity (Wildman–Crippen MR) is 58.0 cm³/mol. The lowest BCUT2D eigenvalue weighted by atomic mass is 10.4. The Labute approximate surface area is 98.2 Å². The van der Waals surface area contributed by atoms with Crippen LogP contribution in [0.25, 0.3) is 0 Å². The zero-order chi connectivity index (χ0) is 11.7. The Morgan fingerprint density at radius 2 is 2.29 bits per heavy atom. The molecule has 90 valence electrons. The van der Waals surface area contributed by atoms with Crippen molar-refractivity contribution in [2.24, 2.45) is 0 Å². The van der Waals surface area contributed by atoms with Crippen molar-refractivity contribution in [2.45, 2.75) is 38.9 Å². The molecule has 1 N–H and O–H groups in total. The van der Waals surface area contributed by atoms with Crippen LogP contribution in [0.2, 0.25) is 0 Å². The van der Waals surface area contributed by atoms with Gasteiger partial charge in [-0.1, -0.05) is 5.21 Å². The van der Waals surface area contributed by atoms with E-state index in [1.807, 2.05) is 6.20 Å². The molecule has 3 rings (SSSR count). The molecule has 0 saturated heterocycles. The summed E-state index contributed by atoms with van der Waals surface area (Å²) in [5.41, 5.74) is 0.938. The summed E-state index contributed by atoms with van der Waals surface area (Å²) in [6.45, 7) is 3.01. The fourth-order valence-electron chi connectivity index (χ4n) is 1.57. The number of rotatable bonds is 5. The number of hydrogen-bond acceptors (Lipinski definition) is 6. The van der Waals surface area contributed by atoms with Gasteiger partial charge in [0, 0.05) is 19.5 Å². The normalized spacial score (nSPS) is 15.4. The first kappa shape index (κ1) is 10.4. The maximum absolute atomic E-state index is 5.28. The minimum atomic E-state index is 0.470. The molecule has 1 aliphatic rings. The van der Waals surface area contributed by atoms with Crippen LogP contribution in [0.3, 0.4) is 0 Å². The Morgan fingerprint density at radius 1 is 1.41 bits per heavy atom. The second-order valence-corrected chi connectivity index (χ2v) is 4.28. The monoisotopic (exact) mass is 234 g/mol. The number of aryl methyl sites for hydroxylation is 1. The first-order chi connectivity index (χ1) is 8.29. The molecule has 0 radical (unpaired) electrons. The molecule has 0 unspecified atom stereocenters. The molecule has 0 spiro atoms. The van der Waals surface area contributed by atoms with Crippen LogP contribution in [-0.2, 0) is 13.1 Å². The summed E-state index contributed by atoms with van der Waals surface area (Å²) in [4.78, 5) is 0.